The number of morpholine rings is 1. The monoisotopic (exact) mass is 394 g/mol. The van der Waals surface area contributed by atoms with Crippen molar-refractivity contribution >= 4 is 5.91 Å². The first kappa shape index (κ1) is 19.3. The summed E-state index contributed by atoms with van der Waals surface area (Å²) < 4.78 is 15.1. The van der Waals surface area contributed by atoms with Gasteiger partial charge >= 0.3 is 0 Å². The van der Waals surface area contributed by atoms with Gasteiger partial charge in [0.25, 0.3) is 5.91 Å². The van der Waals surface area contributed by atoms with E-state index in [0.29, 0.717) is 38.5 Å². The molecule has 1 aromatic carbocycles. The number of carbonyl (C=O) groups excluding carboxylic acids is 1. The number of aryl methyl sites for hydroxylation is 2. The maximum atomic E-state index is 12.5. The first-order valence-corrected chi connectivity index (χ1v) is 9.97. The second-order valence-electron chi connectivity index (χ2n) is 7.12. The topological polar surface area (TPSA) is 61.5 Å². The molecule has 0 bridgehead atoms. The lowest BCUT2D eigenvalue weighted by Crippen LogP contribution is -2.40. The quantitative estimate of drug-likeness (QED) is 0.578. The van der Waals surface area contributed by atoms with Crippen LogP contribution >= 0.6 is 0 Å². The second-order valence-corrected chi connectivity index (χ2v) is 7.12. The summed E-state index contributed by atoms with van der Waals surface area (Å²) in [5, 5.41) is 4.34. The standard InChI is InChI=1S/C22H26N4O3/c1-18-4-2-9-24(18)10-3-13-29-21-7-5-20(6-8-21)26-17-19(16-23-26)22(27)25-11-14-28-15-12-25/h2,4-9,16-17H,3,10-15H2,1H3. The summed E-state index contributed by atoms with van der Waals surface area (Å²) in [6.45, 7) is 6.15. The number of aromatic nitrogens is 3. The number of carbonyl (C=O) groups is 1. The molecule has 4 rings (SSSR count). The molecule has 2 aromatic heterocycles. The number of hydrogen-bond donors (Lipinski definition) is 0. The summed E-state index contributed by atoms with van der Waals surface area (Å²) in [5.41, 5.74) is 2.74. The molecule has 1 saturated heterocycles. The molecule has 1 aliphatic heterocycles. The van der Waals surface area contributed by atoms with Crippen LogP contribution in [0.15, 0.2) is 55.0 Å². The Hall–Kier alpha value is -3.06. The zero-order valence-corrected chi connectivity index (χ0v) is 16.7. The third-order valence-corrected chi connectivity index (χ3v) is 5.10. The summed E-state index contributed by atoms with van der Waals surface area (Å²) in [7, 11) is 0. The van der Waals surface area contributed by atoms with E-state index in [1.165, 1.54) is 5.69 Å². The lowest BCUT2D eigenvalue weighted by atomic mass is 10.3. The van der Waals surface area contributed by atoms with Crippen LogP contribution < -0.4 is 4.74 Å². The third-order valence-electron chi connectivity index (χ3n) is 5.10. The number of ether oxygens (including phenoxy) is 2. The molecule has 152 valence electrons. The van der Waals surface area contributed by atoms with Gasteiger partial charge in [0, 0.05) is 37.7 Å². The Morgan fingerprint density at radius 3 is 2.69 bits per heavy atom. The summed E-state index contributed by atoms with van der Waals surface area (Å²) in [6.07, 6.45) is 6.42. The minimum atomic E-state index is -0.00238. The molecular formula is C22H26N4O3. The van der Waals surface area contributed by atoms with Gasteiger partial charge in [-0.3, -0.25) is 4.79 Å². The Balaban J connectivity index is 1.30. The average Bonchev–Trinajstić information content (AvgIpc) is 3.41. The number of rotatable bonds is 7. The van der Waals surface area contributed by atoms with Crippen LogP contribution in [0.2, 0.25) is 0 Å². The van der Waals surface area contributed by atoms with Crippen LogP contribution in [0.3, 0.4) is 0 Å². The maximum Gasteiger partial charge on any atom is 0.257 e. The van der Waals surface area contributed by atoms with Crippen molar-refractivity contribution in [2.75, 3.05) is 32.9 Å². The largest absolute Gasteiger partial charge is 0.494 e. The van der Waals surface area contributed by atoms with Gasteiger partial charge in [0.2, 0.25) is 0 Å². The molecule has 1 amide bonds. The zero-order valence-electron chi connectivity index (χ0n) is 16.7. The second kappa shape index (κ2) is 8.96. The molecule has 1 aliphatic rings. The van der Waals surface area contributed by atoms with Gasteiger partial charge in [-0.15, -0.1) is 0 Å². The fourth-order valence-corrected chi connectivity index (χ4v) is 3.39. The van der Waals surface area contributed by atoms with Crippen molar-refractivity contribution in [2.24, 2.45) is 0 Å². The Bertz CT molecular complexity index is 939. The fourth-order valence-electron chi connectivity index (χ4n) is 3.39. The molecular weight excluding hydrogens is 368 g/mol. The summed E-state index contributed by atoms with van der Waals surface area (Å²) in [6, 6.07) is 11.9. The van der Waals surface area contributed by atoms with Gasteiger partial charge < -0.3 is 18.9 Å². The predicted octanol–water partition coefficient (Wildman–Crippen LogP) is 2.92. The zero-order chi connectivity index (χ0) is 20.1. The Kier molecular flexibility index (Phi) is 5.95. The minimum absolute atomic E-state index is 0.00238. The van der Waals surface area contributed by atoms with E-state index in [4.69, 9.17) is 9.47 Å². The van der Waals surface area contributed by atoms with Crippen molar-refractivity contribution < 1.29 is 14.3 Å². The van der Waals surface area contributed by atoms with E-state index in [-0.39, 0.29) is 5.91 Å². The summed E-state index contributed by atoms with van der Waals surface area (Å²) >= 11 is 0. The molecule has 0 spiro atoms. The Labute approximate surface area is 170 Å². The van der Waals surface area contributed by atoms with Gasteiger partial charge in [0.15, 0.2) is 0 Å². The minimum Gasteiger partial charge on any atom is -0.494 e. The van der Waals surface area contributed by atoms with Crippen LogP contribution in [0.5, 0.6) is 5.75 Å². The Morgan fingerprint density at radius 2 is 1.97 bits per heavy atom. The van der Waals surface area contributed by atoms with Crippen LogP contribution in [0.4, 0.5) is 0 Å². The van der Waals surface area contributed by atoms with Crippen LogP contribution in [0.1, 0.15) is 22.5 Å². The van der Waals surface area contributed by atoms with E-state index in [1.807, 2.05) is 24.3 Å². The molecule has 7 nitrogen and oxygen atoms in total. The van der Waals surface area contributed by atoms with Crippen LogP contribution in [-0.4, -0.2) is 58.1 Å². The van der Waals surface area contributed by atoms with Gasteiger partial charge in [0.1, 0.15) is 5.75 Å². The van der Waals surface area contributed by atoms with Crippen LogP contribution in [0.25, 0.3) is 5.69 Å². The number of nitrogens with zero attached hydrogens (tertiary/aromatic N) is 4. The molecule has 0 unspecified atom stereocenters. The highest BCUT2D eigenvalue weighted by atomic mass is 16.5. The van der Waals surface area contributed by atoms with Gasteiger partial charge in [-0.2, -0.15) is 5.10 Å². The predicted molar refractivity (Wildman–Crippen MR) is 110 cm³/mol. The van der Waals surface area contributed by atoms with E-state index in [1.54, 1.807) is 22.0 Å². The lowest BCUT2D eigenvalue weighted by Gasteiger charge is -2.26. The smallest absolute Gasteiger partial charge is 0.257 e. The number of amides is 1. The van der Waals surface area contributed by atoms with Crippen LogP contribution in [0, 0.1) is 6.92 Å². The van der Waals surface area contributed by atoms with E-state index < -0.39 is 0 Å². The van der Waals surface area contributed by atoms with E-state index in [2.05, 4.69) is 34.9 Å². The molecule has 0 saturated carbocycles. The molecule has 0 radical (unpaired) electrons. The van der Waals surface area contributed by atoms with Gasteiger partial charge in [-0.1, -0.05) is 0 Å². The molecule has 0 N–H and O–H groups in total. The molecule has 1 fully saturated rings. The van der Waals surface area contributed by atoms with Crippen molar-refractivity contribution in [3.8, 4) is 11.4 Å². The molecule has 3 aromatic rings. The van der Waals surface area contributed by atoms with Gasteiger partial charge in [-0.25, -0.2) is 4.68 Å². The SMILES string of the molecule is Cc1cccn1CCCOc1ccc(-n2cc(C(=O)N3CCOCC3)cn2)cc1. The van der Waals surface area contributed by atoms with E-state index in [0.717, 1.165) is 24.4 Å². The fraction of sp³-hybridized carbons (Fsp3) is 0.364. The maximum absolute atomic E-state index is 12.5. The number of benzene rings is 1. The normalized spacial score (nSPS) is 14.2. The van der Waals surface area contributed by atoms with Gasteiger partial charge in [0.05, 0.1) is 37.3 Å². The number of hydrogen-bond acceptors (Lipinski definition) is 4. The van der Waals surface area contributed by atoms with E-state index >= 15 is 0 Å². The van der Waals surface area contributed by atoms with E-state index in [9.17, 15) is 4.79 Å². The van der Waals surface area contributed by atoms with Gasteiger partial charge in [-0.05, 0) is 49.7 Å². The van der Waals surface area contributed by atoms with Crippen molar-refractivity contribution in [1.82, 2.24) is 19.2 Å². The third kappa shape index (κ3) is 4.68. The van der Waals surface area contributed by atoms with Crippen molar-refractivity contribution in [2.45, 2.75) is 19.9 Å². The first-order valence-electron chi connectivity index (χ1n) is 9.97. The van der Waals surface area contributed by atoms with Crippen molar-refractivity contribution in [3.05, 3.63) is 66.2 Å². The highest BCUT2D eigenvalue weighted by molar-refractivity contribution is 5.93. The molecule has 0 atom stereocenters. The average molecular weight is 394 g/mol. The molecule has 3 heterocycles. The Morgan fingerprint density at radius 1 is 1.17 bits per heavy atom. The lowest BCUT2D eigenvalue weighted by molar-refractivity contribution is 0.0303. The highest BCUT2D eigenvalue weighted by Gasteiger charge is 2.20. The highest BCUT2D eigenvalue weighted by Crippen LogP contribution is 2.16. The van der Waals surface area contributed by atoms with Crippen molar-refractivity contribution in [3.63, 3.8) is 0 Å². The molecule has 0 aliphatic carbocycles. The van der Waals surface area contributed by atoms with Crippen molar-refractivity contribution in [1.29, 1.82) is 0 Å². The molecule has 7 heteroatoms. The summed E-state index contributed by atoms with van der Waals surface area (Å²) in [4.78, 5) is 14.3. The first-order chi connectivity index (χ1) is 14.2. The van der Waals surface area contributed by atoms with Crippen LogP contribution in [-0.2, 0) is 11.3 Å². The summed E-state index contributed by atoms with van der Waals surface area (Å²) in [5.74, 6) is 0.826. The molecule has 29 heavy (non-hydrogen) atoms.